The van der Waals surface area contributed by atoms with Crippen LogP contribution >= 0.6 is 11.6 Å². The van der Waals surface area contributed by atoms with Gasteiger partial charge in [-0.2, -0.15) is 0 Å². The molecule has 1 aliphatic rings. The number of aromatic nitrogens is 2. The summed E-state index contributed by atoms with van der Waals surface area (Å²) < 4.78 is 5.98. The van der Waals surface area contributed by atoms with E-state index in [0.717, 1.165) is 16.5 Å². The molecule has 0 bridgehead atoms. The van der Waals surface area contributed by atoms with Crippen LogP contribution in [0.1, 0.15) is 28.4 Å². The van der Waals surface area contributed by atoms with E-state index in [1.807, 2.05) is 42.5 Å². The van der Waals surface area contributed by atoms with Gasteiger partial charge in [-0.25, -0.2) is 0 Å². The maximum Gasteiger partial charge on any atom is 0.252 e. The molecule has 2 amide bonds. The number of aromatic amines is 1. The molecule has 1 saturated heterocycles. The quantitative estimate of drug-likeness (QED) is 0.434. The number of hydrogen-bond donors (Lipinski definition) is 2. The zero-order valence-electron chi connectivity index (χ0n) is 18.3. The fourth-order valence-corrected chi connectivity index (χ4v) is 4.42. The van der Waals surface area contributed by atoms with Crippen LogP contribution in [0.5, 0.6) is 5.75 Å². The Hall–Kier alpha value is -3.84. The Morgan fingerprint density at radius 2 is 2.00 bits per heavy atom. The SMILES string of the molecule is O=C(N[C@@H](C(=O)N1CCC(Oc2cccnc2)C1)c1ccccc1)c1ccc2c(Cl)c[nH]c2c1. The fourth-order valence-electron chi connectivity index (χ4n) is 4.20. The number of nitrogens with zero attached hydrogens (tertiary/aromatic N) is 2. The molecule has 34 heavy (non-hydrogen) atoms. The van der Waals surface area contributed by atoms with Gasteiger partial charge in [-0.15, -0.1) is 0 Å². The lowest BCUT2D eigenvalue weighted by Gasteiger charge is -2.25. The maximum absolute atomic E-state index is 13.5. The Kier molecular flexibility index (Phi) is 6.18. The average Bonchev–Trinajstić information content (AvgIpc) is 3.49. The number of amides is 2. The van der Waals surface area contributed by atoms with Crippen molar-refractivity contribution in [2.45, 2.75) is 18.6 Å². The second kappa shape index (κ2) is 9.57. The van der Waals surface area contributed by atoms with E-state index < -0.39 is 6.04 Å². The lowest BCUT2D eigenvalue weighted by molar-refractivity contribution is -0.132. The second-order valence-electron chi connectivity index (χ2n) is 8.22. The molecule has 0 aliphatic carbocycles. The van der Waals surface area contributed by atoms with Crippen LogP contribution in [0.2, 0.25) is 5.02 Å². The third-order valence-corrected chi connectivity index (χ3v) is 6.26. The van der Waals surface area contributed by atoms with Crippen LogP contribution in [-0.2, 0) is 4.79 Å². The largest absolute Gasteiger partial charge is 0.487 e. The van der Waals surface area contributed by atoms with Crippen LogP contribution in [0.3, 0.4) is 0 Å². The normalized spacial score (nSPS) is 16.4. The van der Waals surface area contributed by atoms with Crippen molar-refractivity contribution in [3.8, 4) is 5.75 Å². The van der Waals surface area contributed by atoms with Gasteiger partial charge in [0, 0.05) is 41.8 Å². The first kappa shape index (κ1) is 22.0. The molecule has 1 unspecified atom stereocenters. The summed E-state index contributed by atoms with van der Waals surface area (Å²) in [7, 11) is 0. The first-order valence-electron chi connectivity index (χ1n) is 11.1. The smallest absolute Gasteiger partial charge is 0.252 e. The molecule has 1 aliphatic heterocycles. The van der Waals surface area contributed by atoms with Gasteiger partial charge in [0.1, 0.15) is 17.9 Å². The van der Waals surface area contributed by atoms with Crippen LogP contribution in [0.15, 0.2) is 79.3 Å². The molecular formula is C26H23ClN4O3. The number of carbonyl (C=O) groups is 2. The molecule has 1 fully saturated rings. The van der Waals surface area contributed by atoms with Gasteiger partial charge >= 0.3 is 0 Å². The number of benzene rings is 2. The van der Waals surface area contributed by atoms with Crippen LogP contribution in [-0.4, -0.2) is 45.9 Å². The first-order valence-corrected chi connectivity index (χ1v) is 11.4. The van der Waals surface area contributed by atoms with Gasteiger partial charge in [-0.05, 0) is 29.8 Å². The predicted octanol–water partition coefficient (Wildman–Crippen LogP) is 4.37. The number of fused-ring (bicyclic) bond motifs is 1. The van der Waals surface area contributed by atoms with Crippen molar-refractivity contribution < 1.29 is 14.3 Å². The van der Waals surface area contributed by atoms with Gasteiger partial charge in [-0.3, -0.25) is 14.6 Å². The van der Waals surface area contributed by atoms with Crippen LogP contribution < -0.4 is 10.1 Å². The molecule has 3 heterocycles. The number of ether oxygens (including phenoxy) is 1. The van der Waals surface area contributed by atoms with E-state index in [1.54, 1.807) is 41.7 Å². The number of likely N-dealkylation sites (tertiary alicyclic amines) is 1. The number of pyridine rings is 1. The van der Waals surface area contributed by atoms with E-state index in [1.165, 1.54) is 0 Å². The molecule has 8 heteroatoms. The van der Waals surface area contributed by atoms with E-state index in [2.05, 4.69) is 15.3 Å². The summed E-state index contributed by atoms with van der Waals surface area (Å²) in [6, 6.07) is 17.4. The monoisotopic (exact) mass is 474 g/mol. The summed E-state index contributed by atoms with van der Waals surface area (Å²) in [5, 5.41) is 4.37. The highest BCUT2D eigenvalue weighted by atomic mass is 35.5. The van der Waals surface area contributed by atoms with Gasteiger partial charge in [-0.1, -0.05) is 48.0 Å². The molecule has 172 valence electrons. The third kappa shape index (κ3) is 4.61. The minimum atomic E-state index is -0.811. The second-order valence-corrected chi connectivity index (χ2v) is 8.62. The molecular weight excluding hydrogens is 452 g/mol. The standard InChI is InChI=1S/C26H23ClN4O3/c27-22-15-29-23-13-18(8-9-21(22)23)25(32)30-24(17-5-2-1-3-6-17)26(33)31-12-10-20(16-31)34-19-7-4-11-28-14-19/h1-9,11,13-15,20,24,29H,10,12,16H2,(H,30,32)/t20?,24-/m1/s1. The molecule has 2 aromatic carbocycles. The highest BCUT2D eigenvalue weighted by molar-refractivity contribution is 6.35. The van der Waals surface area contributed by atoms with Crippen molar-refractivity contribution in [3.63, 3.8) is 0 Å². The lowest BCUT2D eigenvalue weighted by Crippen LogP contribution is -2.42. The Labute approximate surface area is 201 Å². The number of carbonyl (C=O) groups excluding carboxylic acids is 2. The van der Waals surface area contributed by atoms with E-state index >= 15 is 0 Å². The van der Waals surface area contributed by atoms with Crippen molar-refractivity contribution in [1.29, 1.82) is 0 Å². The molecule has 2 aromatic heterocycles. The highest BCUT2D eigenvalue weighted by Gasteiger charge is 2.33. The van der Waals surface area contributed by atoms with E-state index in [4.69, 9.17) is 16.3 Å². The lowest BCUT2D eigenvalue weighted by atomic mass is 10.0. The summed E-state index contributed by atoms with van der Waals surface area (Å²) in [5.41, 5.74) is 1.93. The highest BCUT2D eigenvalue weighted by Crippen LogP contribution is 2.25. The summed E-state index contributed by atoms with van der Waals surface area (Å²) in [5.74, 6) is 0.174. The van der Waals surface area contributed by atoms with Crippen molar-refractivity contribution >= 4 is 34.3 Å². The first-order chi connectivity index (χ1) is 16.6. The number of hydrogen-bond acceptors (Lipinski definition) is 4. The number of nitrogens with one attached hydrogen (secondary N) is 2. The van der Waals surface area contributed by atoms with Crippen LogP contribution in [0, 0.1) is 0 Å². The topological polar surface area (TPSA) is 87.3 Å². The minimum Gasteiger partial charge on any atom is -0.487 e. The number of rotatable bonds is 6. The van der Waals surface area contributed by atoms with Crippen molar-refractivity contribution in [2.75, 3.05) is 13.1 Å². The summed E-state index contributed by atoms with van der Waals surface area (Å²) in [6.45, 7) is 0.996. The molecule has 4 aromatic rings. The molecule has 7 nitrogen and oxygen atoms in total. The average molecular weight is 475 g/mol. The molecule has 2 atom stereocenters. The van der Waals surface area contributed by atoms with Crippen LogP contribution in [0.25, 0.3) is 10.9 Å². The van der Waals surface area contributed by atoms with Crippen molar-refractivity contribution in [2.24, 2.45) is 0 Å². The molecule has 0 radical (unpaired) electrons. The van der Waals surface area contributed by atoms with Gasteiger partial charge < -0.3 is 19.9 Å². The fraction of sp³-hybridized carbons (Fsp3) is 0.192. The molecule has 0 saturated carbocycles. The Morgan fingerprint density at radius 1 is 1.15 bits per heavy atom. The van der Waals surface area contributed by atoms with E-state index in [0.29, 0.717) is 35.8 Å². The Bertz CT molecular complexity index is 1310. The summed E-state index contributed by atoms with van der Waals surface area (Å²) in [4.78, 5) is 35.6. The summed E-state index contributed by atoms with van der Waals surface area (Å²) in [6.07, 6.45) is 5.61. The van der Waals surface area contributed by atoms with E-state index in [-0.39, 0.29) is 17.9 Å². The minimum absolute atomic E-state index is 0.125. The summed E-state index contributed by atoms with van der Waals surface area (Å²) >= 11 is 6.15. The molecule has 0 spiro atoms. The van der Waals surface area contributed by atoms with Gasteiger partial charge in [0.2, 0.25) is 5.91 Å². The predicted molar refractivity (Wildman–Crippen MR) is 130 cm³/mol. The molecule has 2 N–H and O–H groups in total. The zero-order chi connectivity index (χ0) is 23.5. The van der Waals surface area contributed by atoms with Gasteiger partial charge in [0.15, 0.2) is 0 Å². The zero-order valence-corrected chi connectivity index (χ0v) is 19.0. The third-order valence-electron chi connectivity index (χ3n) is 5.94. The van der Waals surface area contributed by atoms with E-state index in [9.17, 15) is 9.59 Å². The Balaban J connectivity index is 1.33. The van der Waals surface area contributed by atoms with Gasteiger partial charge in [0.05, 0.1) is 17.8 Å². The van der Waals surface area contributed by atoms with Gasteiger partial charge in [0.25, 0.3) is 5.91 Å². The van der Waals surface area contributed by atoms with Crippen molar-refractivity contribution in [1.82, 2.24) is 20.2 Å². The number of halogens is 1. The molecule has 5 rings (SSSR count). The van der Waals surface area contributed by atoms with Crippen molar-refractivity contribution in [3.05, 3.63) is 95.4 Å². The van der Waals surface area contributed by atoms with Crippen LogP contribution in [0.4, 0.5) is 0 Å². The number of H-pyrrole nitrogens is 1. The maximum atomic E-state index is 13.5. The Morgan fingerprint density at radius 3 is 2.79 bits per heavy atom.